The number of rotatable bonds is 11. The molecule has 2 amide bonds. The highest BCUT2D eigenvalue weighted by Crippen LogP contribution is 2.32. The minimum absolute atomic E-state index is 0.0412. The number of nitrogens with one attached hydrogen (secondary N) is 1. The number of amides is 2. The van der Waals surface area contributed by atoms with Crippen LogP contribution in [0.5, 0.6) is 0 Å². The van der Waals surface area contributed by atoms with E-state index in [4.69, 9.17) is 10.6 Å². The summed E-state index contributed by atoms with van der Waals surface area (Å²) in [4.78, 5) is 70.1. The third-order valence-electron chi connectivity index (χ3n) is 5.70. The summed E-state index contributed by atoms with van der Waals surface area (Å²) in [5.74, 6) is -6.96. The molecular weight excluding hydrogens is 562 g/mol. The number of carboxylic acid groups (broad SMARTS) is 1. The highest BCUT2D eigenvalue weighted by molar-refractivity contribution is 7.84. The second-order valence-corrected chi connectivity index (χ2v) is 11.0. The number of aliphatic hydroxyl groups excluding tert-OH is 1. The number of β-lactam (4-membered cyclic amide) rings is 1. The predicted molar refractivity (Wildman–Crippen MR) is 133 cm³/mol. The van der Waals surface area contributed by atoms with Gasteiger partial charge >= 0.3 is 16.3 Å². The highest BCUT2D eigenvalue weighted by atomic mass is 32.2. The molecule has 2 aliphatic rings. The number of anilines is 1. The number of hydrogen-bond acceptors (Lipinski definition) is 13. The average Bonchev–Trinajstić information content (AvgIpc) is 3.26. The van der Waals surface area contributed by atoms with Gasteiger partial charge in [0.1, 0.15) is 5.69 Å². The van der Waals surface area contributed by atoms with E-state index in [1.807, 2.05) is 0 Å². The number of oxime groups is 1. The van der Waals surface area contributed by atoms with Crippen LogP contribution in [0, 0.1) is 5.92 Å². The minimum atomic E-state index is -5.07. The molecule has 0 saturated carbocycles. The van der Waals surface area contributed by atoms with Gasteiger partial charge in [0, 0.05) is 23.9 Å². The number of allylic oxidation sites excluding steroid dienone is 2. The predicted octanol–water partition coefficient (Wildman–Crippen LogP) is -0.644. The lowest BCUT2D eigenvalue weighted by Crippen LogP contribution is -2.66. The Kier molecular flexibility index (Phi) is 8.22. The van der Waals surface area contributed by atoms with E-state index >= 15 is 0 Å². The third kappa shape index (κ3) is 6.47. The number of nitrogens with zero attached hydrogens (tertiary/aromatic N) is 3. The molecule has 2 heterocycles. The topological polar surface area (TPSA) is 256 Å². The molecule has 0 aromatic carbocycles. The fourth-order valence-corrected chi connectivity index (χ4v) is 4.98. The van der Waals surface area contributed by atoms with Crippen molar-refractivity contribution in [2.24, 2.45) is 11.1 Å². The number of carbonyl (C=O) groups excluding carboxylic acids is 4. The first kappa shape index (κ1) is 29.4. The van der Waals surface area contributed by atoms with Crippen molar-refractivity contribution in [2.75, 3.05) is 12.3 Å². The number of ketones is 2. The minimum Gasteiger partial charge on any atom is -0.504 e. The number of thiazole rings is 1. The van der Waals surface area contributed by atoms with E-state index in [9.17, 15) is 47.2 Å². The van der Waals surface area contributed by atoms with Gasteiger partial charge in [0.05, 0.1) is 12.0 Å². The Morgan fingerprint density at radius 1 is 1.33 bits per heavy atom. The van der Waals surface area contributed by atoms with Gasteiger partial charge in [0.25, 0.3) is 0 Å². The van der Waals surface area contributed by atoms with Crippen LogP contribution < -0.4 is 11.1 Å². The monoisotopic (exact) mass is 585 g/mol. The summed E-state index contributed by atoms with van der Waals surface area (Å²) >= 11 is 0.936. The van der Waals surface area contributed by atoms with Crippen molar-refractivity contribution in [2.45, 2.75) is 38.3 Å². The molecule has 1 saturated heterocycles. The summed E-state index contributed by atoms with van der Waals surface area (Å²) in [5.41, 5.74) is 3.13. The molecule has 0 radical (unpaired) electrons. The smallest absolute Gasteiger partial charge is 0.362 e. The van der Waals surface area contributed by atoms with Gasteiger partial charge in [-0.3, -0.25) is 23.7 Å². The molecule has 1 aromatic rings. The summed E-state index contributed by atoms with van der Waals surface area (Å²) < 4.78 is 33.1. The fourth-order valence-electron chi connectivity index (χ4n) is 3.51. The van der Waals surface area contributed by atoms with E-state index in [1.165, 1.54) is 19.2 Å². The van der Waals surface area contributed by atoms with Crippen LogP contribution in [0.2, 0.25) is 0 Å². The van der Waals surface area contributed by atoms with Crippen molar-refractivity contribution in [3.8, 4) is 0 Å². The van der Waals surface area contributed by atoms with E-state index in [0.29, 0.717) is 0 Å². The van der Waals surface area contributed by atoms with Crippen LogP contribution in [-0.2, 0) is 39.1 Å². The van der Waals surface area contributed by atoms with Gasteiger partial charge in [-0.2, -0.15) is 8.42 Å². The van der Waals surface area contributed by atoms with E-state index < -0.39 is 81.7 Å². The molecule has 16 nitrogen and oxygen atoms in total. The Balaban J connectivity index is 1.82. The van der Waals surface area contributed by atoms with Crippen LogP contribution in [-0.4, -0.2) is 85.7 Å². The lowest BCUT2D eigenvalue weighted by molar-refractivity contribution is -0.161. The molecule has 0 spiro atoms. The Morgan fingerprint density at radius 3 is 2.54 bits per heavy atom. The lowest BCUT2D eigenvalue weighted by atomic mass is 9.84. The zero-order valence-electron chi connectivity index (χ0n) is 20.4. The van der Waals surface area contributed by atoms with Crippen LogP contribution in [0.25, 0.3) is 0 Å². The maximum atomic E-state index is 13.2. The van der Waals surface area contributed by atoms with E-state index in [0.717, 1.165) is 23.5 Å². The van der Waals surface area contributed by atoms with E-state index in [1.54, 1.807) is 0 Å². The van der Waals surface area contributed by atoms with Gasteiger partial charge in [-0.15, -0.1) is 11.3 Å². The second kappa shape index (κ2) is 10.9. The van der Waals surface area contributed by atoms with Crippen molar-refractivity contribution in [3.05, 3.63) is 34.6 Å². The van der Waals surface area contributed by atoms with Gasteiger partial charge < -0.3 is 26.1 Å². The van der Waals surface area contributed by atoms with Gasteiger partial charge in [-0.1, -0.05) is 5.16 Å². The Bertz CT molecular complexity index is 1440. The largest absolute Gasteiger partial charge is 0.504 e. The number of hydrogen-bond donors (Lipinski definition) is 5. The van der Waals surface area contributed by atoms with E-state index in [-0.39, 0.29) is 27.1 Å². The quantitative estimate of drug-likeness (QED) is 0.0938. The van der Waals surface area contributed by atoms with Gasteiger partial charge in [-0.05, 0) is 32.4 Å². The number of aliphatic carboxylic acids is 1. The van der Waals surface area contributed by atoms with Crippen molar-refractivity contribution < 1.29 is 52.0 Å². The number of aliphatic hydroxyl groups is 1. The summed E-state index contributed by atoms with van der Waals surface area (Å²) in [5, 5.41) is 25.9. The number of carboxylic acids is 1. The molecule has 0 bridgehead atoms. The Morgan fingerprint density at radius 2 is 2.00 bits per heavy atom. The molecule has 39 heavy (non-hydrogen) atoms. The van der Waals surface area contributed by atoms with Crippen molar-refractivity contribution in [1.29, 1.82) is 0 Å². The molecule has 1 aliphatic carbocycles. The molecule has 210 valence electrons. The second-order valence-electron chi connectivity index (χ2n) is 8.87. The summed E-state index contributed by atoms with van der Waals surface area (Å²) in [7, 11) is -5.07. The molecule has 1 aliphatic heterocycles. The lowest BCUT2D eigenvalue weighted by Gasteiger charge is -2.44. The SMILES string of the molecule is CC(C)(O/N=C(\C(=O)C[C@@H]1C(=O)N(S(=O)(=O)O)[C@@H]1CNC(=O)C1=CC(=O)C(O)=CC1)c1csc(N)n1)C(=O)O. The first-order valence-electron chi connectivity index (χ1n) is 11.0. The molecular formula is C21H23N5O11S2. The zero-order chi connectivity index (χ0) is 29.3. The summed E-state index contributed by atoms with van der Waals surface area (Å²) in [6, 6.07) is -1.40. The molecule has 1 aromatic heterocycles. The number of nitrogens with two attached hydrogens (primary N) is 1. The van der Waals surface area contributed by atoms with Crippen molar-refractivity contribution in [3.63, 3.8) is 0 Å². The average molecular weight is 586 g/mol. The van der Waals surface area contributed by atoms with Crippen molar-refractivity contribution in [1.82, 2.24) is 14.6 Å². The Hall–Kier alpha value is -4.16. The summed E-state index contributed by atoms with van der Waals surface area (Å²) in [6.07, 6.45) is 1.21. The fraction of sp³-hybridized carbons (Fsp3) is 0.381. The van der Waals surface area contributed by atoms with Crippen LogP contribution in [0.15, 0.2) is 34.0 Å². The van der Waals surface area contributed by atoms with Gasteiger partial charge in [0.2, 0.25) is 23.2 Å². The first-order valence-corrected chi connectivity index (χ1v) is 13.3. The highest BCUT2D eigenvalue weighted by Gasteiger charge is 2.54. The Labute approximate surface area is 224 Å². The third-order valence-corrected chi connectivity index (χ3v) is 7.32. The van der Waals surface area contributed by atoms with Crippen molar-refractivity contribution >= 4 is 61.8 Å². The maximum absolute atomic E-state index is 13.2. The molecule has 2 atom stereocenters. The number of nitrogen functional groups attached to an aromatic ring is 1. The standard InChI is InChI=1S/C21H23N5O11S2/c1-21(2,19(32)33)37-25-16(11-8-38-20(22)24-11)15(29)6-10-12(26(18(10)31)39(34,35)36)7-23-17(30)9-3-4-13(27)14(28)5-9/h4-5,8,10,12,27H,3,6-7H2,1-2H3,(H2,22,24)(H,23,30)(H,32,33)(H,34,35,36)/b25-16-/t10-,12+/m0/s1. The van der Waals surface area contributed by atoms with Gasteiger partial charge in [-0.25, -0.2) is 14.1 Å². The normalized spacial score (nSPS) is 20.1. The molecule has 18 heteroatoms. The van der Waals surface area contributed by atoms with Crippen LogP contribution >= 0.6 is 11.3 Å². The summed E-state index contributed by atoms with van der Waals surface area (Å²) in [6.45, 7) is 1.80. The maximum Gasteiger partial charge on any atom is 0.362 e. The number of aromatic nitrogens is 1. The number of Topliss-reactive ketones (excluding diaryl/α,β-unsaturated/α-hetero) is 1. The van der Waals surface area contributed by atoms with Crippen LogP contribution in [0.4, 0.5) is 5.13 Å². The van der Waals surface area contributed by atoms with Crippen LogP contribution in [0.1, 0.15) is 32.4 Å². The molecule has 6 N–H and O–H groups in total. The molecule has 3 rings (SSSR count). The first-order chi connectivity index (χ1) is 18.0. The molecule has 1 fully saturated rings. The number of carbonyl (C=O) groups is 5. The van der Waals surface area contributed by atoms with Crippen LogP contribution in [0.3, 0.4) is 0 Å². The zero-order valence-corrected chi connectivity index (χ0v) is 22.0. The molecule has 0 unspecified atom stereocenters. The van der Waals surface area contributed by atoms with E-state index in [2.05, 4.69) is 15.5 Å². The van der Waals surface area contributed by atoms with Gasteiger partial charge in [0.15, 0.2) is 22.4 Å².